The Morgan fingerprint density at radius 3 is 2.43 bits per heavy atom. The maximum Gasteiger partial charge on any atom is 0.224 e. The van der Waals surface area contributed by atoms with E-state index in [1.807, 2.05) is 19.1 Å². The Labute approximate surface area is 128 Å². The zero-order chi connectivity index (χ0) is 15.2. The standard InChI is InChI=1S/C18H28N2O/c1-4-14-9-11-15(12-10-14)19-16-7-6-8-17(13(16)3)20-18(21)5-2/h6-8,14-15,19H,4-5,9-12H2,1-3H3,(H,20,21). The van der Waals surface area contributed by atoms with Crippen molar-refractivity contribution < 1.29 is 4.79 Å². The molecule has 1 aromatic rings. The number of nitrogens with one attached hydrogen (secondary N) is 2. The molecule has 1 fully saturated rings. The molecular weight excluding hydrogens is 260 g/mol. The quantitative estimate of drug-likeness (QED) is 0.822. The lowest BCUT2D eigenvalue weighted by Crippen LogP contribution is -2.26. The van der Waals surface area contributed by atoms with Gasteiger partial charge in [-0.25, -0.2) is 0 Å². The van der Waals surface area contributed by atoms with Crippen LogP contribution >= 0.6 is 0 Å². The molecule has 116 valence electrons. The molecule has 3 nitrogen and oxygen atoms in total. The molecule has 1 aliphatic carbocycles. The van der Waals surface area contributed by atoms with Gasteiger partial charge in [-0.05, 0) is 56.2 Å². The highest BCUT2D eigenvalue weighted by atomic mass is 16.1. The summed E-state index contributed by atoms with van der Waals surface area (Å²) in [6.07, 6.45) is 6.99. The number of carbonyl (C=O) groups is 1. The molecule has 2 rings (SSSR count). The van der Waals surface area contributed by atoms with Gasteiger partial charge < -0.3 is 10.6 Å². The molecule has 1 amide bonds. The minimum absolute atomic E-state index is 0.0682. The molecule has 1 aromatic carbocycles. The van der Waals surface area contributed by atoms with E-state index in [2.05, 4.69) is 30.5 Å². The van der Waals surface area contributed by atoms with E-state index < -0.39 is 0 Å². The molecule has 0 aromatic heterocycles. The Morgan fingerprint density at radius 1 is 1.14 bits per heavy atom. The average Bonchev–Trinajstić information content (AvgIpc) is 2.52. The van der Waals surface area contributed by atoms with E-state index in [9.17, 15) is 4.79 Å². The predicted molar refractivity (Wildman–Crippen MR) is 89.8 cm³/mol. The van der Waals surface area contributed by atoms with Crippen molar-refractivity contribution >= 4 is 17.3 Å². The summed E-state index contributed by atoms with van der Waals surface area (Å²) in [5, 5.41) is 6.65. The lowest BCUT2D eigenvalue weighted by Gasteiger charge is -2.30. The van der Waals surface area contributed by atoms with Crippen LogP contribution in [0.2, 0.25) is 0 Å². The summed E-state index contributed by atoms with van der Waals surface area (Å²) in [5.41, 5.74) is 3.22. The summed E-state index contributed by atoms with van der Waals surface area (Å²) in [6, 6.07) is 6.67. The Hall–Kier alpha value is -1.51. The number of rotatable bonds is 5. The lowest BCUT2D eigenvalue weighted by atomic mass is 9.84. The number of hydrogen-bond acceptors (Lipinski definition) is 2. The van der Waals surface area contributed by atoms with E-state index in [1.165, 1.54) is 32.1 Å². The van der Waals surface area contributed by atoms with Crippen LogP contribution < -0.4 is 10.6 Å². The van der Waals surface area contributed by atoms with E-state index in [-0.39, 0.29) is 5.91 Å². The normalized spacial score (nSPS) is 21.9. The van der Waals surface area contributed by atoms with Gasteiger partial charge in [0.05, 0.1) is 0 Å². The monoisotopic (exact) mass is 288 g/mol. The van der Waals surface area contributed by atoms with E-state index >= 15 is 0 Å². The third-order valence-corrected chi connectivity index (χ3v) is 4.71. The highest BCUT2D eigenvalue weighted by molar-refractivity contribution is 5.92. The zero-order valence-corrected chi connectivity index (χ0v) is 13.5. The first kappa shape index (κ1) is 15.9. The molecule has 0 unspecified atom stereocenters. The number of carbonyl (C=O) groups excluding carboxylic acids is 1. The van der Waals surface area contributed by atoms with E-state index in [0.29, 0.717) is 12.5 Å². The summed E-state index contributed by atoms with van der Waals surface area (Å²) in [6.45, 7) is 6.24. The van der Waals surface area contributed by atoms with E-state index in [0.717, 1.165) is 22.9 Å². The van der Waals surface area contributed by atoms with Gasteiger partial charge in [-0.2, -0.15) is 0 Å². The van der Waals surface area contributed by atoms with Crippen molar-refractivity contribution in [1.82, 2.24) is 0 Å². The lowest BCUT2D eigenvalue weighted by molar-refractivity contribution is -0.115. The molecule has 0 aliphatic heterocycles. The van der Waals surface area contributed by atoms with Crippen molar-refractivity contribution in [3.63, 3.8) is 0 Å². The zero-order valence-electron chi connectivity index (χ0n) is 13.5. The molecular formula is C18H28N2O. The van der Waals surface area contributed by atoms with Crippen molar-refractivity contribution in [3.05, 3.63) is 23.8 Å². The number of hydrogen-bond donors (Lipinski definition) is 2. The van der Waals surface area contributed by atoms with Crippen LogP contribution in [0.5, 0.6) is 0 Å². The molecule has 0 spiro atoms. The van der Waals surface area contributed by atoms with Gasteiger partial charge in [-0.15, -0.1) is 0 Å². The predicted octanol–water partition coefficient (Wildman–Crippen LogP) is 4.72. The summed E-state index contributed by atoms with van der Waals surface area (Å²) in [5.74, 6) is 0.984. The molecule has 1 saturated carbocycles. The van der Waals surface area contributed by atoms with Crippen molar-refractivity contribution in [2.24, 2.45) is 5.92 Å². The third kappa shape index (κ3) is 4.23. The van der Waals surface area contributed by atoms with Crippen LogP contribution in [0.25, 0.3) is 0 Å². The van der Waals surface area contributed by atoms with Crippen LogP contribution in [-0.2, 0) is 4.79 Å². The minimum atomic E-state index is 0.0682. The summed E-state index contributed by atoms with van der Waals surface area (Å²) < 4.78 is 0. The summed E-state index contributed by atoms with van der Waals surface area (Å²) in [7, 11) is 0. The van der Waals surface area contributed by atoms with Crippen molar-refractivity contribution in [3.8, 4) is 0 Å². The first-order valence-electron chi connectivity index (χ1n) is 8.30. The van der Waals surface area contributed by atoms with Gasteiger partial charge in [0.25, 0.3) is 0 Å². The van der Waals surface area contributed by atoms with E-state index in [4.69, 9.17) is 0 Å². The second kappa shape index (κ2) is 7.48. The summed E-state index contributed by atoms with van der Waals surface area (Å²) >= 11 is 0. The van der Waals surface area contributed by atoms with Gasteiger partial charge in [-0.1, -0.05) is 26.3 Å². The molecule has 0 saturated heterocycles. The van der Waals surface area contributed by atoms with Crippen molar-refractivity contribution in [2.45, 2.75) is 65.3 Å². The average molecular weight is 288 g/mol. The molecule has 0 bridgehead atoms. The number of benzene rings is 1. The molecule has 0 radical (unpaired) electrons. The topological polar surface area (TPSA) is 41.1 Å². The number of anilines is 2. The van der Waals surface area contributed by atoms with Crippen molar-refractivity contribution in [2.75, 3.05) is 10.6 Å². The Balaban J connectivity index is 2.00. The molecule has 2 N–H and O–H groups in total. The van der Waals surface area contributed by atoms with Crippen LogP contribution in [0.3, 0.4) is 0 Å². The Kier molecular flexibility index (Phi) is 5.66. The van der Waals surface area contributed by atoms with Gasteiger partial charge in [0, 0.05) is 23.8 Å². The third-order valence-electron chi connectivity index (χ3n) is 4.71. The van der Waals surface area contributed by atoms with Crippen LogP contribution in [-0.4, -0.2) is 11.9 Å². The molecule has 0 atom stereocenters. The fourth-order valence-corrected chi connectivity index (χ4v) is 3.10. The van der Waals surface area contributed by atoms with Crippen LogP contribution in [0.4, 0.5) is 11.4 Å². The minimum Gasteiger partial charge on any atom is -0.382 e. The van der Waals surface area contributed by atoms with Crippen LogP contribution in [0, 0.1) is 12.8 Å². The van der Waals surface area contributed by atoms with Gasteiger partial charge in [-0.3, -0.25) is 4.79 Å². The fraction of sp³-hybridized carbons (Fsp3) is 0.611. The largest absolute Gasteiger partial charge is 0.382 e. The second-order valence-corrected chi connectivity index (χ2v) is 6.15. The molecule has 21 heavy (non-hydrogen) atoms. The maximum atomic E-state index is 11.6. The van der Waals surface area contributed by atoms with Gasteiger partial charge in [0.15, 0.2) is 0 Å². The van der Waals surface area contributed by atoms with Gasteiger partial charge in [0.2, 0.25) is 5.91 Å². The van der Waals surface area contributed by atoms with Crippen molar-refractivity contribution in [1.29, 1.82) is 0 Å². The van der Waals surface area contributed by atoms with E-state index in [1.54, 1.807) is 0 Å². The smallest absolute Gasteiger partial charge is 0.224 e. The fourth-order valence-electron chi connectivity index (χ4n) is 3.10. The number of amides is 1. The molecule has 0 heterocycles. The Bertz CT molecular complexity index is 476. The summed E-state index contributed by atoms with van der Waals surface area (Å²) in [4.78, 5) is 11.6. The first-order valence-corrected chi connectivity index (χ1v) is 8.30. The van der Waals surface area contributed by atoms with Crippen LogP contribution in [0.1, 0.15) is 57.9 Å². The molecule has 1 aliphatic rings. The Morgan fingerprint density at radius 2 is 1.81 bits per heavy atom. The SMILES string of the molecule is CCC(=O)Nc1cccc(NC2CCC(CC)CC2)c1C. The molecule has 3 heteroatoms. The van der Waals surface area contributed by atoms with Gasteiger partial charge >= 0.3 is 0 Å². The second-order valence-electron chi connectivity index (χ2n) is 6.15. The van der Waals surface area contributed by atoms with Gasteiger partial charge in [0.1, 0.15) is 0 Å². The first-order chi connectivity index (χ1) is 10.1. The highest BCUT2D eigenvalue weighted by Gasteiger charge is 2.20. The van der Waals surface area contributed by atoms with Crippen LogP contribution in [0.15, 0.2) is 18.2 Å². The highest BCUT2D eigenvalue weighted by Crippen LogP contribution is 2.30. The maximum absolute atomic E-state index is 11.6.